The van der Waals surface area contributed by atoms with Crippen LogP contribution in [0.5, 0.6) is 0 Å². The number of nitrogens with zero attached hydrogens (tertiary/aromatic N) is 1. The summed E-state index contributed by atoms with van der Waals surface area (Å²) in [7, 11) is 0. The third kappa shape index (κ3) is 6.81. The van der Waals surface area contributed by atoms with Crippen molar-refractivity contribution in [2.75, 3.05) is 12.3 Å². The minimum absolute atomic E-state index is 0.0493. The van der Waals surface area contributed by atoms with Gasteiger partial charge < -0.3 is 25.4 Å². The largest absolute Gasteiger partial charge is 0.480 e. The smallest absolute Gasteiger partial charge is 0.326 e. The van der Waals surface area contributed by atoms with Gasteiger partial charge in [-0.15, -0.1) is 11.8 Å². The molecule has 1 aliphatic rings. The summed E-state index contributed by atoms with van der Waals surface area (Å²) in [6, 6.07) is 0.176. The highest BCUT2D eigenvalue weighted by atomic mass is 32.2. The number of thioether (sulfide) groups is 1. The SMILES string of the molecule is CCCCCc1cc2cn1[C@H](C(=O)O)CCC(=O)N[C@@H](C(=O)NCC(=O)O)CS2. The average Bonchev–Trinajstić information content (AvgIpc) is 3.04. The molecule has 2 amide bonds. The van der Waals surface area contributed by atoms with Crippen molar-refractivity contribution in [2.45, 2.75) is 62.4 Å². The number of aryl methyl sites for hydroxylation is 1. The Morgan fingerprint density at radius 3 is 2.72 bits per heavy atom. The molecule has 2 heterocycles. The molecular formula is C19H27N3O6S. The number of carboxylic acids is 2. The van der Waals surface area contributed by atoms with Crippen LogP contribution >= 0.6 is 11.8 Å². The summed E-state index contributed by atoms with van der Waals surface area (Å²) in [5.74, 6) is -2.98. The van der Waals surface area contributed by atoms with E-state index in [4.69, 9.17) is 5.11 Å². The van der Waals surface area contributed by atoms with Crippen LogP contribution < -0.4 is 10.6 Å². The third-order valence-corrected chi connectivity index (χ3v) is 5.75. The molecule has 160 valence electrons. The average molecular weight is 426 g/mol. The van der Waals surface area contributed by atoms with E-state index in [1.165, 1.54) is 11.8 Å². The lowest BCUT2D eigenvalue weighted by Crippen LogP contribution is -2.49. The van der Waals surface area contributed by atoms with Gasteiger partial charge in [-0.1, -0.05) is 19.8 Å². The van der Waals surface area contributed by atoms with E-state index in [0.29, 0.717) is 0 Å². The Morgan fingerprint density at radius 2 is 2.07 bits per heavy atom. The molecule has 1 aromatic rings. The van der Waals surface area contributed by atoms with Gasteiger partial charge in [0.2, 0.25) is 11.8 Å². The van der Waals surface area contributed by atoms with Gasteiger partial charge in [0.05, 0.1) is 0 Å². The number of fused-ring (bicyclic) bond motifs is 2. The Morgan fingerprint density at radius 1 is 1.31 bits per heavy atom. The number of carboxylic acid groups (broad SMARTS) is 2. The van der Waals surface area contributed by atoms with Crippen molar-refractivity contribution in [1.29, 1.82) is 0 Å². The van der Waals surface area contributed by atoms with Crippen molar-refractivity contribution >= 4 is 35.5 Å². The Kier molecular flexibility index (Phi) is 8.56. The number of amides is 2. The Hall–Kier alpha value is -2.49. The quantitative estimate of drug-likeness (QED) is 0.462. The van der Waals surface area contributed by atoms with Crippen molar-refractivity contribution in [2.24, 2.45) is 0 Å². The molecule has 2 atom stereocenters. The molecule has 0 spiro atoms. The number of hydrogen-bond acceptors (Lipinski definition) is 5. The van der Waals surface area contributed by atoms with Crippen molar-refractivity contribution in [3.8, 4) is 0 Å². The van der Waals surface area contributed by atoms with Crippen LogP contribution in [-0.4, -0.2) is 56.9 Å². The lowest BCUT2D eigenvalue weighted by atomic mass is 10.1. The van der Waals surface area contributed by atoms with E-state index >= 15 is 0 Å². The van der Waals surface area contributed by atoms with Crippen LogP contribution in [0.4, 0.5) is 0 Å². The van der Waals surface area contributed by atoms with Gasteiger partial charge in [0.15, 0.2) is 0 Å². The van der Waals surface area contributed by atoms with Gasteiger partial charge in [-0.25, -0.2) is 4.79 Å². The maximum absolute atomic E-state index is 12.3. The molecular weight excluding hydrogens is 398 g/mol. The second kappa shape index (κ2) is 10.9. The Bertz CT molecular complexity index is 763. The van der Waals surface area contributed by atoms with Gasteiger partial charge in [-0.2, -0.15) is 0 Å². The maximum atomic E-state index is 12.3. The molecule has 4 N–H and O–H groups in total. The number of aliphatic carboxylic acids is 2. The lowest BCUT2D eigenvalue weighted by molar-refractivity contribution is -0.141. The summed E-state index contributed by atoms with van der Waals surface area (Å²) >= 11 is 1.33. The summed E-state index contributed by atoms with van der Waals surface area (Å²) in [6.45, 7) is 1.56. The van der Waals surface area contributed by atoms with Gasteiger partial charge in [0.1, 0.15) is 18.6 Å². The summed E-state index contributed by atoms with van der Waals surface area (Å²) < 4.78 is 1.73. The molecule has 9 nitrogen and oxygen atoms in total. The number of nitrogens with one attached hydrogen (secondary N) is 2. The molecule has 2 bridgehead atoms. The zero-order valence-electron chi connectivity index (χ0n) is 16.3. The second-order valence-electron chi connectivity index (χ2n) is 6.97. The summed E-state index contributed by atoms with van der Waals surface area (Å²) in [5.41, 5.74) is 0.904. The first-order valence-electron chi connectivity index (χ1n) is 9.67. The van der Waals surface area contributed by atoms with Crippen LogP contribution in [0.25, 0.3) is 0 Å². The van der Waals surface area contributed by atoms with Gasteiger partial charge in [-0.3, -0.25) is 14.4 Å². The van der Waals surface area contributed by atoms with Crippen molar-refractivity contribution in [3.05, 3.63) is 18.0 Å². The number of carbonyl (C=O) groups excluding carboxylic acids is 2. The molecule has 0 unspecified atom stereocenters. The van der Waals surface area contributed by atoms with Gasteiger partial charge in [0, 0.05) is 29.0 Å². The molecule has 0 radical (unpaired) electrons. The third-order valence-electron chi connectivity index (χ3n) is 4.69. The fourth-order valence-electron chi connectivity index (χ4n) is 3.19. The Labute approximate surface area is 173 Å². The highest BCUT2D eigenvalue weighted by Gasteiger charge is 2.27. The summed E-state index contributed by atoms with van der Waals surface area (Å²) in [5, 5.41) is 23.3. The van der Waals surface area contributed by atoms with Gasteiger partial charge in [0.25, 0.3) is 0 Å². The van der Waals surface area contributed by atoms with Crippen LogP contribution in [-0.2, 0) is 25.6 Å². The van der Waals surface area contributed by atoms with Crippen molar-refractivity contribution in [3.63, 3.8) is 0 Å². The standard InChI is InChI=1S/C19H27N3O6S/c1-2-3-4-5-12-8-13-10-22(12)15(19(27)28)6-7-16(23)21-14(11-29-13)18(26)20-9-17(24)25/h8,10,14-15H,2-7,9,11H2,1H3,(H,20,26)(H,21,23)(H,24,25)(H,27,28)/t14-,15+/m1/s1. The monoisotopic (exact) mass is 425 g/mol. The van der Waals surface area contributed by atoms with Crippen LogP contribution in [0.3, 0.4) is 0 Å². The fraction of sp³-hybridized carbons (Fsp3) is 0.579. The Balaban J connectivity index is 2.24. The molecule has 1 aromatic heterocycles. The zero-order chi connectivity index (χ0) is 21.4. The summed E-state index contributed by atoms with van der Waals surface area (Å²) in [4.78, 5) is 47.9. The number of aromatic nitrogens is 1. The topological polar surface area (TPSA) is 138 Å². The first-order chi connectivity index (χ1) is 13.8. The molecule has 2 rings (SSSR count). The predicted molar refractivity (Wildman–Crippen MR) is 107 cm³/mol. The van der Waals surface area contributed by atoms with Crippen molar-refractivity contribution in [1.82, 2.24) is 15.2 Å². The zero-order valence-corrected chi connectivity index (χ0v) is 17.2. The number of carbonyl (C=O) groups is 4. The highest BCUT2D eigenvalue weighted by Crippen LogP contribution is 2.28. The molecule has 0 aliphatic carbocycles. The lowest BCUT2D eigenvalue weighted by Gasteiger charge is -2.19. The highest BCUT2D eigenvalue weighted by molar-refractivity contribution is 7.99. The molecule has 0 saturated carbocycles. The molecule has 0 saturated heterocycles. The number of hydrogen-bond donors (Lipinski definition) is 4. The fourth-order valence-corrected chi connectivity index (χ4v) is 4.19. The van der Waals surface area contributed by atoms with Gasteiger partial charge >= 0.3 is 11.9 Å². The van der Waals surface area contributed by atoms with Gasteiger partial charge in [-0.05, 0) is 25.3 Å². The molecule has 10 heteroatoms. The van der Waals surface area contributed by atoms with Crippen molar-refractivity contribution < 1.29 is 29.4 Å². The first kappa shape index (κ1) is 22.8. The molecule has 0 aromatic carbocycles. The normalized spacial score (nSPS) is 19.7. The molecule has 1 aliphatic heterocycles. The van der Waals surface area contributed by atoms with Crippen LogP contribution in [0.1, 0.15) is 50.8 Å². The second-order valence-corrected chi connectivity index (χ2v) is 8.06. The minimum atomic E-state index is -1.17. The first-order valence-corrected chi connectivity index (χ1v) is 10.7. The summed E-state index contributed by atoms with van der Waals surface area (Å²) in [6.07, 6.45) is 5.60. The van der Waals surface area contributed by atoms with E-state index in [9.17, 15) is 24.3 Å². The van der Waals surface area contributed by atoms with Crippen LogP contribution in [0.2, 0.25) is 0 Å². The van der Waals surface area contributed by atoms with E-state index in [1.807, 2.05) is 6.07 Å². The minimum Gasteiger partial charge on any atom is -0.480 e. The number of rotatable bonds is 8. The van der Waals surface area contributed by atoms with E-state index in [0.717, 1.165) is 36.3 Å². The van der Waals surface area contributed by atoms with Crippen LogP contribution in [0, 0.1) is 0 Å². The number of unbranched alkanes of at least 4 members (excludes halogenated alkanes) is 2. The van der Waals surface area contributed by atoms with E-state index in [-0.39, 0.29) is 18.6 Å². The molecule has 29 heavy (non-hydrogen) atoms. The van der Waals surface area contributed by atoms with E-state index in [2.05, 4.69) is 17.6 Å². The maximum Gasteiger partial charge on any atom is 0.326 e. The van der Waals surface area contributed by atoms with E-state index < -0.39 is 42.4 Å². The van der Waals surface area contributed by atoms with Crippen LogP contribution in [0.15, 0.2) is 17.2 Å². The predicted octanol–water partition coefficient (Wildman–Crippen LogP) is 1.42. The van der Waals surface area contributed by atoms with E-state index in [1.54, 1.807) is 10.8 Å². The molecule has 0 fully saturated rings.